The van der Waals surface area contributed by atoms with E-state index in [0.29, 0.717) is 24.4 Å². The van der Waals surface area contributed by atoms with Crippen molar-refractivity contribution < 1.29 is 22.4 Å². The van der Waals surface area contributed by atoms with Crippen LogP contribution < -0.4 is 9.64 Å². The molecule has 0 saturated carbocycles. The maximum Gasteiger partial charge on any atom is 0.418 e. The van der Waals surface area contributed by atoms with Gasteiger partial charge in [0.25, 0.3) is 5.89 Å². The fourth-order valence-corrected chi connectivity index (χ4v) is 3.53. The van der Waals surface area contributed by atoms with E-state index in [9.17, 15) is 13.2 Å². The molecular formula is C21H20F3N3O2. The minimum absolute atomic E-state index is 0.0403. The number of benzene rings is 2. The average molecular weight is 403 g/mol. The molecule has 2 aromatic carbocycles. The molecule has 0 aliphatic carbocycles. The molecule has 1 aliphatic rings. The Hall–Kier alpha value is -3.03. The highest BCUT2D eigenvalue weighted by atomic mass is 19.4. The van der Waals surface area contributed by atoms with Crippen LogP contribution in [-0.2, 0) is 6.18 Å². The van der Waals surface area contributed by atoms with Gasteiger partial charge >= 0.3 is 6.18 Å². The van der Waals surface area contributed by atoms with Crippen molar-refractivity contribution in [3.63, 3.8) is 0 Å². The molecule has 0 spiro atoms. The zero-order chi connectivity index (χ0) is 20.4. The molecule has 4 rings (SSSR count). The SMILES string of the molecule is COc1cccc(-c2noc(-c3ccc(N4CCCCC4)c(C(F)(F)F)c3)n2)c1. The summed E-state index contributed by atoms with van der Waals surface area (Å²) in [6.07, 6.45) is -1.64. The third-order valence-corrected chi connectivity index (χ3v) is 5.00. The van der Waals surface area contributed by atoms with E-state index in [2.05, 4.69) is 10.1 Å². The molecule has 1 aliphatic heterocycles. The van der Waals surface area contributed by atoms with Crippen LogP contribution in [0.2, 0.25) is 0 Å². The summed E-state index contributed by atoms with van der Waals surface area (Å²) < 4.78 is 51.7. The van der Waals surface area contributed by atoms with E-state index in [0.717, 1.165) is 25.3 Å². The summed E-state index contributed by atoms with van der Waals surface area (Å²) in [4.78, 5) is 6.07. The molecule has 8 heteroatoms. The van der Waals surface area contributed by atoms with Crippen molar-refractivity contribution in [3.8, 4) is 28.6 Å². The first-order valence-electron chi connectivity index (χ1n) is 9.40. The summed E-state index contributed by atoms with van der Waals surface area (Å²) in [6, 6.07) is 11.2. The predicted octanol–water partition coefficient (Wildman–Crippen LogP) is 5.42. The molecule has 5 nitrogen and oxygen atoms in total. The number of halogens is 3. The zero-order valence-electron chi connectivity index (χ0n) is 15.9. The maximum atomic E-state index is 13.7. The average Bonchev–Trinajstić information content (AvgIpc) is 3.24. The molecule has 29 heavy (non-hydrogen) atoms. The molecule has 1 aromatic heterocycles. The molecule has 152 valence electrons. The quantitative estimate of drug-likeness (QED) is 0.582. The first-order valence-corrected chi connectivity index (χ1v) is 9.40. The lowest BCUT2D eigenvalue weighted by atomic mass is 10.0. The highest BCUT2D eigenvalue weighted by Crippen LogP contribution is 2.40. The number of rotatable bonds is 4. The highest BCUT2D eigenvalue weighted by molar-refractivity contribution is 5.66. The summed E-state index contributed by atoms with van der Waals surface area (Å²) in [5, 5.41) is 3.91. The third kappa shape index (κ3) is 4.06. The maximum absolute atomic E-state index is 13.7. The van der Waals surface area contributed by atoms with Crippen molar-refractivity contribution in [1.82, 2.24) is 10.1 Å². The largest absolute Gasteiger partial charge is 0.497 e. The lowest BCUT2D eigenvalue weighted by Crippen LogP contribution is -2.31. The fraction of sp³-hybridized carbons (Fsp3) is 0.333. The van der Waals surface area contributed by atoms with Gasteiger partial charge in [0.2, 0.25) is 5.82 Å². The van der Waals surface area contributed by atoms with Crippen LogP contribution in [0.4, 0.5) is 18.9 Å². The van der Waals surface area contributed by atoms with Gasteiger partial charge in [0.1, 0.15) is 5.75 Å². The normalized spacial score (nSPS) is 14.8. The molecule has 2 heterocycles. The van der Waals surface area contributed by atoms with Gasteiger partial charge in [-0.3, -0.25) is 0 Å². The van der Waals surface area contributed by atoms with Gasteiger partial charge < -0.3 is 14.2 Å². The van der Waals surface area contributed by atoms with E-state index in [-0.39, 0.29) is 23.0 Å². The molecule has 0 amide bonds. The van der Waals surface area contributed by atoms with Gasteiger partial charge in [-0.15, -0.1) is 0 Å². The first-order chi connectivity index (χ1) is 14.0. The van der Waals surface area contributed by atoms with Crippen LogP contribution in [-0.4, -0.2) is 30.3 Å². The van der Waals surface area contributed by atoms with Gasteiger partial charge in [0.15, 0.2) is 0 Å². The standard InChI is InChI=1S/C21H20F3N3O2/c1-28-16-7-5-6-14(12-16)19-25-20(29-26-19)15-8-9-18(17(13-15)21(22,23)24)27-10-3-2-4-11-27/h5-9,12-13H,2-4,10-11H2,1H3. The Bertz CT molecular complexity index is 995. The minimum Gasteiger partial charge on any atom is -0.497 e. The number of aromatic nitrogens is 2. The second-order valence-corrected chi connectivity index (χ2v) is 6.93. The third-order valence-electron chi connectivity index (χ3n) is 5.00. The number of piperidine rings is 1. The second kappa shape index (κ2) is 7.77. The van der Waals surface area contributed by atoms with Crippen molar-refractivity contribution >= 4 is 5.69 Å². The van der Waals surface area contributed by atoms with Crippen LogP contribution in [0.1, 0.15) is 24.8 Å². The van der Waals surface area contributed by atoms with Crippen molar-refractivity contribution in [2.24, 2.45) is 0 Å². The van der Waals surface area contributed by atoms with E-state index in [1.54, 1.807) is 42.3 Å². The number of nitrogens with zero attached hydrogens (tertiary/aromatic N) is 3. The minimum atomic E-state index is -4.47. The summed E-state index contributed by atoms with van der Waals surface area (Å²) in [7, 11) is 1.54. The molecule has 0 N–H and O–H groups in total. The van der Waals surface area contributed by atoms with Gasteiger partial charge in [-0.2, -0.15) is 18.2 Å². The Morgan fingerprint density at radius 3 is 2.52 bits per heavy atom. The Morgan fingerprint density at radius 1 is 1.00 bits per heavy atom. The monoisotopic (exact) mass is 403 g/mol. The lowest BCUT2D eigenvalue weighted by molar-refractivity contribution is -0.137. The number of anilines is 1. The van der Waals surface area contributed by atoms with Crippen molar-refractivity contribution in [2.75, 3.05) is 25.1 Å². The molecule has 0 radical (unpaired) electrons. The highest BCUT2D eigenvalue weighted by Gasteiger charge is 2.36. The summed E-state index contributed by atoms with van der Waals surface area (Å²) in [5.41, 5.74) is 0.409. The van der Waals surface area contributed by atoms with E-state index in [1.165, 1.54) is 6.07 Å². The summed E-state index contributed by atoms with van der Waals surface area (Å²) in [6.45, 7) is 1.26. The Morgan fingerprint density at radius 2 is 1.79 bits per heavy atom. The fourth-order valence-electron chi connectivity index (χ4n) is 3.53. The van der Waals surface area contributed by atoms with Gasteiger partial charge in [-0.05, 0) is 49.6 Å². The van der Waals surface area contributed by atoms with Crippen LogP contribution in [0.15, 0.2) is 47.0 Å². The van der Waals surface area contributed by atoms with Crippen molar-refractivity contribution in [3.05, 3.63) is 48.0 Å². The van der Waals surface area contributed by atoms with Crippen LogP contribution in [0.25, 0.3) is 22.8 Å². The predicted molar refractivity (Wildman–Crippen MR) is 103 cm³/mol. The van der Waals surface area contributed by atoms with Crippen molar-refractivity contribution in [2.45, 2.75) is 25.4 Å². The topological polar surface area (TPSA) is 51.4 Å². The number of hydrogen-bond donors (Lipinski definition) is 0. The zero-order valence-corrected chi connectivity index (χ0v) is 15.9. The van der Waals surface area contributed by atoms with E-state index in [1.807, 2.05) is 0 Å². The van der Waals surface area contributed by atoms with Crippen LogP contribution in [0.3, 0.4) is 0 Å². The van der Waals surface area contributed by atoms with Crippen LogP contribution in [0, 0.1) is 0 Å². The number of hydrogen-bond acceptors (Lipinski definition) is 5. The molecule has 0 unspecified atom stereocenters. The number of alkyl halides is 3. The number of ether oxygens (including phenoxy) is 1. The van der Waals surface area contributed by atoms with E-state index >= 15 is 0 Å². The van der Waals surface area contributed by atoms with Crippen LogP contribution >= 0.6 is 0 Å². The number of methoxy groups -OCH3 is 1. The van der Waals surface area contributed by atoms with Crippen LogP contribution in [0.5, 0.6) is 5.75 Å². The Balaban J connectivity index is 1.69. The summed E-state index contributed by atoms with van der Waals surface area (Å²) >= 11 is 0. The molecule has 3 aromatic rings. The second-order valence-electron chi connectivity index (χ2n) is 6.93. The van der Waals surface area contributed by atoms with Gasteiger partial charge in [-0.1, -0.05) is 17.3 Å². The first kappa shape index (κ1) is 19.3. The molecule has 0 atom stereocenters. The van der Waals surface area contributed by atoms with Gasteiger partial charge in [0, 0.05) is 29.9 Å². The Labute approximate surface area is 166 Å². The Kier molecular flexibility index (Phi) is 5.17. The molecule has 1 saturated heterocycles. The lowest BCUT2D eigenvalue weighted by Gasteiger charge is -2.31. The van der Waals surface area contributed by atoms with Gasteiger partial charge in [0.05, 0.1) is 12.7 Å². The smallest absolute Gasteiger partial charge is 0.418 e. The van der Waals surface area contributed by atoms with Gasteiger partial charge in [-0.25, -0.2) is 0 Å². The van der Waals surface area contributed by atoms with E-state index in [4.69, 9.17) is 9.26 Å². The van der Waals surface area contributed by atoms with E-state index < -0.39 is 11.7 Å². The molecule has 1 fully saturated rings. The summed E-state index contributed by atoms with van der Waals surface area (Å²) in [5.74, 6) is 0.949. The molecular weight excluding hydrogens is 383 g/mol. The van der Waals surface area contributed by atoms with Crippen molar-refractivity contribution in [1.29, 1.82) is 0 Å². The molecule has 0 bridgehead atoms.